The smallest absolute Gasteiger partial charge is 0.146 e. The number of nitrogens with one attached hydrogen (secondary N) is 2. The molecule has 1 heterocycles. The van der Waals surface area contributed by atoms with E-state index in [1.807, 2.05) is 0 Å². The highest BCUT2D eigenvalue weighted by molar-refractivity contribution is 5.61. The van der Waals surface area contributed by atoms with Gasteiger partial charge in [-0.3, -0.25) is 0 Å². The predicted molar refractivity (Wildman–Crippen MR) is 64.8 cm³/mol. The summed E-state index contributed by atoms with van der Waals surface area (Å²) in [5.41, 5.74) is 2.40. The van der Waals surface area contributed by atoms with Crippen LogP contribution in [0.25, 0.3) is 0 Å². The SMILES string of the molecule is CC1CC1NCc1cccc2c1OCCN2. The summed E-state index contributed by atoms with van der Waals surface area (Å²) in [6.07, 6.45) is 1.31. The molecule has 3 heteroatoms. The molecule has 86 valence electrons. The molecule has 0 bridgehead atoms. The van der Waals surface area contributed by atoms with E-state index in [-0.39, 0.29) is 0 Å². The first kappa shape index (κ1) is 9.97. The van der Waals surface area contributed by atoms with Crippen LogP contribution in [0.1, 0.15) is 18.9 Å². The van der Waals surface area contributed by atoms with E-state index in [4.69, 9.17) is 4.74 Å². The van der Waals surface area contributed by atoms with Gasteiger partial charge in [0.1, 0.15) is 12.4 Å². The van der Waals surface area contributed by atoms with Crippen LogP contribution in [0.4, 0.5) is 5.69 Å². The van der Waals surface area contributed by atoms with Crippen molar-refractivity contribution in [2.24, 2.45) is 5.92 Å². The van der Waals surface area contributed by atoms with Gasteiger partial charge in [-0.25, -0.2) is 0 Å². The van der Waals surface area contributed by atoms with Crippen molar-refractivity contribution in [3.8, 4) is 5.75 Å². The molecule has 1 saturated carbocycles. The fourth-order valence-corrected chi connectivity index (χ4v) is 2.22. The van der Waals surface area contributed by atoms with Crippen LogP contribution in [0, 0.1) is 5.92 Å². The highest BCUT2D eigenvalue weighted by atomic mass is 16.5. The lowest BCUT2D eigenvalue weighted by Gasteiger charge is -2.21. The molecule has 1 aromatic carbocycles. The predicted octanol–water partition coefficient (Wildman–Crippen LogP) is 1.99. The minimum atomic E-state index is 0.715. The second kappa shape index (κ2) is 3.98. The maximum absolute atomic E-state index is 5.73. The molecule has 0 aromatic heterocycles. The Kier molecular flexibility index (Phi) is 2.48. The first-order valence-corrected chi connectivity index (χ1v) is 6.06. The Labute approximate surface area is 96.2 Å². The van der Waals surface area contributed by atoms with Crippen molar-refractivity contribution in [1.29, 1.82) is 0 Å². The summed E-state index contributed by atoms with van der Waals surface area (Å²) in [4.78, 5) is 0. The van der Waals surface area contributed by atoms with Gasteiger partial charge < -0.3 is 15.4 Å². The van der Waals surface area contributed by atoms with Gasteiger partial charge in [0.05, 0.1) is 5.69 Å². The molecule has 1 aliphatic heterocycles. The summed E-state index contributed by atoms with van der Waals surface area (Å²) in [5.74, 6) is 1.88. The third-order valence-electron chi connectivity index (χ3n) is 3.42. The van der Waals surface area contributed by atoms with Gasteiger partial charge in [-0.05, 0) is 18.4 Å². The van der Waals surface area contributed by atoms with E-state index in [1.165, 1.54) is 12.0 Å². The minimum Gasteiger partial charge on any atom is -0.489 e. The lowest BCUT2D eigenvalue weighted by atomic mass is 10.1. The Hall–Kier alpha value is -1.22. The van der Waals surface area contributed by atoms with Gasteiger partial charge in [0.15, 0.2) is 0 Å². The second-order valence-corrected chi connectivity index (χ2v) is 4.77. The number of anilines is 1. The second-order valence-electron chi connectivity index (χ2n) is 4.77. The monoisotopic (exact) mass is 218 g/mol. The highest BCUT2D eigenvalue weighted by Crippen LogP contribution is 2.33. The maximum Gasteiger partial charge on any atom is 0.146 e. The lowest BCUT2D eigenvalue weighted by Crippen LogP contribution is -2.22. The number of ether oxygens (including phenoxy) is 1. The van der Waals surface area contributed by atoms with Crippen molar-refractivity contribution in [1.82, 2.24) is 5.32 Å². The molecule has 0 radical (unpaired) electrons. The van der Waals surface area contributed by atoms with E-state index in [9.17, 15) is 0 Å². The zero-order valence-corrected chi connectivity index (χ0v) is 9.62. The average Bonchev–Trinajstić information content (AvgIpc) is 3.03. The largest absolute Gasteiger partial charge is 0.489 e. The number of rotatable bonds is 3. The topological polar surface area (TPSA) is 33.3 Å². The van der Waals surface area contributed by atoms with Crippen LogP contribution in [0.15, 0.2) is 18.2 Å². The molecule has 1 aliphatic carbocycles. The molecular weight excluding hydrogens is 200 g/mol. The fraction of sp³-hybridized carbons (Fsp3) is 0.538. The van der Waals surface area contributed by atoms with E-state index in [1.54, 1.807) is 0 Å². The molecule has 3 nitrogen and oxygen atoms in total. The van der Waals surface area contributed by atoms with E-state index < -0.39 is 0 Å². The Bertz CT molecular complexity index is 392. The molecule has 0 spiro atoms. The van der Waals surface area contributed by atoms with Crippen molar-refractivity contribution in [2.75, 3.05) is 18.5 Å². The zero-order valence-electron chi connectivity index (χ0n) is 9.62. The third-order valence-corrected chi connectivity index (χ3v) is 3.42. The summed E-state index contributed by atoms with van der Waals surface area (Å²) in [6.45, 7) is 4.88. The summed E-state index contributed by atoms with van der Waals surface area (Å²) in [6, 6.07) is 7.03. The first-order chi connectivity index (χ1) is 7.84. The van der Waals surface area contributed by atoms with E-state index in [0.717, 1.165) is 37.1 Å². The summed E-state index contributed by atoms with van der Waals surface area (Å²) in [7, 11) is 0. The molecule has 2 atom stereocenters. The Morgan fingerprint density at radius 3 is 3.19 bits per heavy atom. The standard InChI is InChI=1S/C13H18N2O/c1-9-7-12(9)15-8-10-3-2-4-11-13(10)16-6-5-14-11/h2-4,9,12,14-15H,5-8H2,1H3. The highest BCUT2D eigenvalue weighted by Gasteiger charge is 2.31. The average molecular weight is 218 g/mol. The van der Waals surface area contributed by atoms with Crippen LogP contribution < -0.4 is 15.4 Å². The molecule has 2 aliphatic rings. The van der Waals surface area contributed by atoms with Crippen molar-refractivity contribution in [3.63, 3.8) is 0 Å². The molecule has 0 saturated heterocycles. The van der Waals surface area contributed by atoms with Gasteiger partial charge >= 0.3 is 0 Å². The zero-order chi connectivity index (χ0) is 11.0. The van der Waals surface area contributed by atoms with Crippen molar-refractivity contribution < 1.29 is 4.74 Å². The summed E-state index contributed by atoms with van der Waals surface area (Å²) < 4.78 is 5.73. The summed E-state index contributed by atoms with van der Waals surface area (Å²) >= 11 is 0. The van der Waals surface area contributed by atoms with Crippen LogP contribution in [0.2, 0.25) is 0 Å². The number of para-hydroxylation sites is 1. The molecule has 0 amide bonds. The van der Waals surface area contributed by atoms with E-state index >= 15 is 0 Å². The summed E-state index contributed by atoms with van der Waals surface area (Å²) in [5, 5.41) is 6.93. The van der Waals surface area contributed by atoms with Gasteiger partial charge in [-0.15, -0.1) is 0 Å². The molecule has 1 fully saturated rings. The number of hydrogen-bond donors (Lipinski definition) is 2. The lowest BCUT2D eigenvalue weighted by molar-refractivity contribution is 0.319. The molecule has 3 rings (SSSR count). The third kappa shape index (κ3) is 1.87. The van der Waals surface area contributed by atoms with Crippen molar-refractivity contribution >= 4 is 5.69 Å². The number of fused-ring (bicyclic) bond motifs is 1. The van der Waals surface area contributed by atoms with Gasteiger partial charge in [-0.2, -0.15) is 0 Å². The van der Waals surface area contributed by atoms with Crippen LogP contribution in [0.3, 0.4) is 0 Å². The molecule has 16 heavy (non-hydrogen) atoms. The van der Waals surface area contributed by atoms with E-state index in [2.05, 4.69) is 35.8 Å². The molecule has 1 aromatic rings. The number of benzene rings is 1. The molecule has 2 unspecified atom stereocenters. The van der Waals surface area contributed by atoms with Crippen LogP contribution >= 0.6 is 0 Å². The van der Waals surface area contributed by atoms with E-state index in [0.29, 0.717) is 6.04 Å². The van der Waals surface area contributed by atoms with Gasteiger partial charge in [0.2, 0.25) is 0 Å². The molecule has 2 N–H and O–H groups in total. The fourth-order valence-electron chi connectivity index (χ4n) is 2.22. The Balaban J connectivity index is 1.73. The number of hydrogen-bond acceptors (Lipinski definition) is 3. The van der Waals surface area contributed by atoms with Crippen LogP contribution in [-0.2, 0) is 6.54 Å². The van der Waals surface area contributed by atoms with Crippen LogP contribution in [0.5, 0.6) is 5.75 Å². The van der Waals surface area contributed by atoms with Gasteiger partial charge in [-0.1, -0.05) is 19.1 Å². The Morgan fingerprint density at radius 1 is 1.50 bits per heavy atom. The molecular formula is C13H18N2O. The van der Waals surface area contributed by atoms with Crippen molar-refractivity contribution in [3.05, 3.63) is 23.8 Å². The maximum atomic E-state index is 5.73. The normalized spacial score (nSPS) is 26.6. The quantitative estimate of drug-likeness (QED) is 0.814. The Morgan fingerprint density at radius 2 is 2.38 bits per heavy atom. The first-order valence-electron chi connectivity index (χ1n) is 6.06. The van der Waals surface area contributed by atoms with Gasteiger partial charge in [0.25, 0.3) is 0 Å². The van der Waals surface area contributed by atoms with Crippen LogP contribution in [-0.4, -0.2) is 19.2 Å². The van der Waals surface area contributed by atoms with Crippen molar-refractivity contribution in [2.45, 2.75) is 25.9 Å². The minimum absolute atomic E-state index is 0.715. The van der Waals surface area contributed by atoms with Gasteiger partial charge in [0, 0.05) is 24.7 Å².